The molecule has 1 aromatic rings. The molecule has 1 aromatic heterocycles. The molecule has 0 bridgehead atoms. The van der Waals surface area contributed by atoms with Crippen LogP contribution in [-0.2, 0) is 41.1 Å². The molecule has 0 unspecified atom stereocenters. The summed E-state index contributed by atoms with van der Waals surface area (Å²) in [5.41, 5.74) is -0.256. The van der Waals surface area contributed by atoms with Crippen LogP contribution in [0.2, 0.25) is 0 Å². The molecule has 170 valence electrons. The van der Waals surface area contributed by atoms with Gasteiger partial charge in [-0.3, -0.25) is 14.4 Å². The predicted molar refractivity (Wildman–Crippen MR) is 107 cm³/mol. The van der Waals surface area contributed by atoms with Crippen LogP contribution in [0, 0.1) is 17.8 Å². The van der Waals surface area contributed by atoms with Crippen LogP contribution in [0.15, 0.2) is 24.5 Å². The average molecular weight is 535 g/mol. The highest BCUT2D eigenvalue weighted by Gasteiger charge is 2.39. The summed E-state index contributed by atoms with van der Waals surface area (Å²) in [6, 6.07) is 3.69. The minimum atomic E-state index is -1.01. The first kappa shape index (κ1) is 28.3. The van der Waals surface area contributed by atoms with Gasteiger partial charge in [-0.2, -0.15) is 0 Å². The van der Waals surface area contributed by atoms with Gasteiger partial charge in [0.1, 0.15) is 26.9 Å². The summed E-state index contributed by atoms with van der Waals surface area (Å²) < 4.78 is 18.4. The van der Waals surface area contributed by atoms with Gasteiger partial charge in [-0.15, -0.1) is 0 Å². The second-order valence-electron chi connectivity index (χ2n) is 8.32. The minimum Gasteiger partial charge on any atom is -1.00 e. The minimum absolute atomic E-state index is 0. The molecule has 0 radical (unpaired) electrons. The third-order valence-electron chi connectivity index (χ3n) is 4.48. The molecular formula is C22H34INO6. The number of carbonyl (C=O) groups excluding carboxylic acids is 3. The van der Waals surface area contributed by atoms with Gasteiger partial charge in [-0.1, -0.05) is 41.5 Å². The number of rotatable bonds is 10. The van der Waals surface area contributed by atoms with Crippen LogP contribution in [-0.4, -0.2) is 37.7 Å². The molecule has 1 rings (SSSR count). The molecule has 0 fully saturated rings. The zero-order chi connectivity index (χ0) is 22.2. The second-order valence-corrected chi connectivity index (χ2v) is 8.32. The first-order chi connectivity index (χ1) is 13.5. The Kier molecular flexibility index (Phi) is 12.1. The lowest BCUT2D eigenvalue weighted by Gasteiger charge is -2.33. The van der Waals surface area contributed by atoms with Crippen molar-refractivity contribution in [1.29, 1.82) is 0 Å². The first-order valence-corrected chi connectivity index (χ1v) is 9.94. The topological polar surface area (TPSA) is 82.8 Å². The first-order valence-electron chi connectivity index (χ1n) is 9.94. The third kappa shape index (κ3) is 8.57. The zero-order valence-corrected chi connectivity index (χ0v) is 21.1. The van der Waals surface area contributed by atoms with Crippen LogP contribution < -0.4 is 28.5 Å². The lowest BCUT2D eigenvalue weighted by molar-refractivity contribution is -0.671. The van der Waals surface area contributed by atoms with E-state index in [1.807, 2.05) is 36.1 Å². The molecule has 0 aromatic carbocycles. The van der Waals surface area contributed by atoms with E-state index in [-0.39, 0.29) is 79.5 Å². The highest BCUT2D eigenvalue weighted by Crippen LogP contribution is 2.27. The van der Waals surface area contributed by atoms with Gasteiger partial charge >= 0.3 is 17.9 Å². The second kappa shape index (κ2) is 12.9. The van der Waals surface area contributed by atoms with Crippen molar-refractivity contribution in [2.24, 2.45) is 24.8 Å². The molecule has 30 heavy (non-hydrogen) atoms. The number of hydrogen-bond acceptors (Lipinski definition) is 6. The summed E-state index contributed by atoms with van der Waals surface area (Å²) in [6.45, 7) is 10.2. The normalized spacial score (nSPS) is 11.3. The Labute approximate surface area is 196 Å². The number of aryl methyl sites for hydroxylation is 1. The number of hydrogen-bond donors (Lipinski definition) is 0. The number of pyridine rings is 1. The molecule has 0 saturated carbocycles. The summed E-state index contributed by atoms with van der Waals surface area (Å²) in [5.74, 6) is -2.04. The Balaban J connectivity index is 0.00000841. The van der Waals surface area contributed by atoms with E-state index >= 15 is 0 Å². The molecule has 0 aliphatic carbocycles. The lowest BCUT2D eigenvalue weighted by atomic mass is 9.83. The Morgan fingerprint density at radius 2 is 1.07 bits per heavy atom. The van der Waals surface area contributed by atoms with Crippen LogP contribution in [0.3, 0.4) is 0 Å². The van der Waals surface area contributed by atoms with Crippen molar-refractivity contribution in [3.8, 4) is 0 Å². The predicted octanol–water partition coefficient (Wildman–Crippen LogP) is -0.649. The zero-order valence-electron chi connectivity index (χ0n) is 18.9. The molecule has 0 aliphatic heterocycles. The van der Waals surface area contributed by atoms with Crippen molar-refractivity contribution < 1.29 is 57.1 Å². The van der Waals surface area contributed by atoms with Crippen LogP contribution in [0.25, 0.3) is 0 Å². The van der Waals surface area contributed by atoms with Gasteiger partial charge in [-0.25, -0.2) is 4.57 Å². The summed E-state index contributed by atoms with van der Waals surface area (Å²) in [4.78, 5) is 36.4. The number of aromatic nitrogens is 1. The van der Waals surface area contributed by atoms with E-state index in [9.17, 15) is 14.4 Å². The van der Waals surface area contributed by atoms with Gasteiger partial charge in [0.15, 0.2) is 12.4 Å². The van der Waals surface area contributed by atoms with E-state index in [2.05, 4.69) is 0 Å². The van der Waals surface area contributed by atoms with Crippen LogP contribution in [0.5, 0.6) is 0 Å². The van der Waals surface area contributed by atoms with Crippen molar-refractivity contribution in [1.82, 2.24) is 0 Å². The van der Waals surface area contributed by atoms with Gasteiger partial charge in [0.2, 0.25) is 0 Å². The molecule has 0 atom stereocenters. The van der Waals surface area contributed by atoms with Crippen molar-refractivity contribution in [3.05, 3.63) is 30.1 Å². The van der Waals surface area contributed by atoms with Crippen molar-refractivity contribution in [2.75, 3.05) is 19.8 Å². The molecule has 0 spiro atoms. The molecule has 7 nitrogen and oxygen atoms in total. The Bertz CT molecular complexity index is 640. The fourth-order valence-electron chi connectivity index (χ4n) is 2.36. The van der Waals surface area contributed by atoms with E-state index in [0.29, 0.717) is 0 Å². The Hall–Kier alpha value is -1.71. The summed E-state index contributed by atoms with van der Waals surface area (Å²) in [7, 11) is 1.88. The smallest absolute Gasteiger partial charge is 0.308 e. The van der Waals surface area contributed by atoms with Crippen molar-refractivity contribution >= 4 is 17.9 Å². The maximum absolute atomic E-state index is 12.1. The van der Waals surface area contributed by atoms with Gasteiger partial charge in [-0.05, 0) is 5.56 Å². The van der Waals surface area contributed by atoms with Crippen molar-refractivity contribution in [3.63, 3.8) is 0 Å². The van der Waals surface area contributed by atoms with E-state index in [4.69, 9.17) is 14.2 Å². The maximum Gasteiger partial charge on any atom is 0.308 e. The maximum atomic E-state index is 12.1. The quantitative estimate of drug-likeness (QED) is 0.172. The van der Waals surface area contributed by atoms with Crippen LogP contribution >= 0.6 is 0 Å². The van der Waals surface area contributed by atoms with E-state index in [0.717, 1.165) is 5.56 Å². The van der Waals surface area contributed by atoms with Gasteiger partial charge in [0, 0.05) is 12.1 Å². The van der Waals surface area contributed by atoms with Crippen molar-refractivity contribution in [2.45, 2.75) is 47.0 Å². The lowest BCUT2D eigenvalue weighted by Crippen LogP contribution is -3.00. The highest BCUT2D eigenvalue weighted by atomic mass is 127. The van der Waals surface area contributed by atoms with E-state index in [1.54, 1.807) is 41.5 Å². The number of nitrogens with zero attached hydrogens (tertiary/aromatic N) is 1. The fourth-order valence-corrected chi connectivity index (χ4v) is 2.36. The van der Waals surface area contributed by atoms with E-state index < -0.39 is 5.41 Å². The Morgan fingerprint density at radius 3 is 1.33 bits per heavy atom. The molecular weight excluding hydrogens is 501 g/mol. The molecule has 8 heteroatoms. The average Bonchev–Trinajstić information content (AvgIpc) is 2.67. The molecule has 1 heterocycles. The summed E-state index contributed by atoms with van der Waals surface area (Å²) >= 11 is 0. The third-order valence-corrected chi connectivity index (χ3v) is 4.48. The Morgan fingerprint density at radius 1 is 0.767 bits per heavy atom. The van der Waals surface area contributed by atoms with Gasteiger partial charge in [0.25, 0.3) is 0 Å². The SMILES string of the molecule is CC(C)C(=O)OCC(COC(=O)C(C)C)(COC(=O)C(C)C)c1cc[n+](C)cc1.[I-]. The largest absolute Gasteiger partial charge is 1.00 e. The van der Waals surface area contributed by atoms with Gasteiger partial charge in [0.05, 0.1) is 23.2 Å². The molecule has 0 saturated heterocycles. The van der Waals surface area contributed by atoms with E-state index in [1.165, 1.54) is 0 Å². The number of ether oxygens (including phenoxy) is 3. The highest BCUT2D eigenvalue weighted by molar-refractivity contribution is 5.73. The standard InChI is InChI=1S/C22H34NO6.HI/c1-15(2)19(24)27-12-22(13-28-20(25)16(3)4,14-29-21(26)17(5)6)18-8-10-23(7)11-9-18;/h8-11,15-17H,12-14H2,1-7H3;1H/q+1;/p-1. The summed E-state index contributed by atoms with van der Waals surface area (Å²) in [5, 5.41) is 0. The number of carbonyl (C=O) groups is 3. The number of esters is 3. The fraction of sp³-hybridized carbons (Fsp3) is 0.636. The molecule has 0 amide bonds. The monoisotopic (exact) mass is 535 g/mol. The summed E-state index contributed by atoms with van der Waals surface area (Å²) in [6.07, 6.45) is 3.67. The van der Waals surface area contributed by atoms with Crippen LogP contribution in [0.1, 0.15) is 47.1 Å². The molecule has 0 N–H and O–H groups in total. The number of halogens is 1. The van der Waals surface area contributed by atoms with Crippen LogP contribution in [0.4, 0.5) is 0 Å². The molecule has 0 aliphatic rings. The van der Waals surface area contributed by atoms with Gasteiger partial charge < -0.3 is 38.2 Å².